The highest BCUT2D eigenvalue weighted by Crippen LogP contribution is 2.32. The molecule has 2 saturated heterocycles. The van der Waals surface area contributed by atoms with Gasteiger partial charge in [0.25, 0.3) is 5.91 Å². The zero-order valence-corrected chi connectivity index (χ0v) is 16.2. The van der Waals surface area contributed by atoms with Gasteiger partial charge in [-0.3, -0.25) is 9.69 Å². The van der Waals surface area contributed by atoms with E-state index in [1.165, 1.54) is 32.4 Å². The van der Waals surface area contributed by atoms with Gasteiger partial charge in [-0.05, 0) is 81.3 Å². The Bertz CT molecular complexity index is 697. The normalized spacial score (nSPS) is 29.0. The SMILES string of the molecule is O=C1c2ccc(O[C@@H]3CCCN(CC4CC4)C3)cc2CN1C1CCCNC1. The summed E-state index contributed by atoms with van der Waals surface area (Å²) in [5.74, 6) is 2.07. The number of likely N-dealkylation sites (tertiary alicyclic amines) is 1. The zero-order valence-electron chi connectivity index (χ0n) is 16.2. The predicted molar refractivity (Wildman–Crippen MR) is 105 cm³/mol. The molecule has 1 aliphatic carbocycles. The van der Waals surface area contributed by atoms with Crippen LogP contribution in [0.5, 0.6) is 5.75 Å². The van der Waals surface area contributed by atoms with E-state index in [4.69, 9.17) is 4.74 Å². The summed E-state index contributed by atoms with van der Waals surface area (Å²) in [6.07, 6.45) is 7.72. The fourth-order valence-corrected chi connectivity index (χ4v) is 4.92. The first-order chi connectivity index (χ1) is 13.3. The number of nitrogens with one attached hydrogen (secondary N) is 1. The lowest BCUT2D eigenvalue weighted by molar-refractivity contribution is 0.0674. The number of rotatable bonds is 5. The minimum Gasteiger partial charge on any atom is -0.489 e. The molecule has 27 heavy (non-hydrogen) atoms. The van der Waals surface area contributed by atoms with Crippen LogP contribution in [0.25, 0.3) is 0 Å². The van der Waals surface area contributed by atoms with Gasteiger partial charge in [0.2, 0.25) is 0 Å². The van der Waals surface area contributed by atoms with Gasteiger partial charge in [0.15, 0.2) is 0 Å². The molecule has 1 aromatic rings. The standard InChI is InChI=1S/C22H31N3O2/c26-22-21-8-7-19(11-17(21)14-25(22)18-3-1-9-23-12-18)27-20-4-2-10-24(15-20)13-16-5-6-16/h7-8,11,16,18,20,23H,1-6,9-10,12-15H2/t18?,20-/m1/s1. The van der Waals surface area contributed by atoms with Crippen molar-refractivity contribution >= 4 is 5.91 Å². The van der Waals surface area contributed by atoms with Crippen LogP contribution < -0.4 is 10.1 Å². The van der Waals surface area contributed by atoms with Crippen molar-refractivity contribution in [1.29, 1.82) is 0 Å². The number of carbonyl (C=O) groups excluding carboxylic acids is 1. The van der Waals surface area contributed by atoms with Gasteiger partial charge in [-0.2, -0.15) is 0 Å². The maximum absolute atomic E-state index is 12.8. The van der Waals surface area contributed by atoms with Gasteiger partial charge >= 0.3 is 0 Å². The number of amides is 1. The van der Waals surface area contributed by atoms with Gasteiger partial charge in [0, 0.05) is 37.8 Å². The molecule has 4 aliphatic rings. The lowest BCUT2D eigenvalue weighted by Gasteiger charge is -2.33. The van der Waals surface area contributed by atoms with E-state index < -0.39 is 0 Å². The second-order valence-corrected chi connectivity index (χ2v) is 8.84. The molecule has 3 aliphatic heterocycles. The quantitative estimate of drug-likeness (QED) is 0.867. The highest BCUT2D eigenvalue weighted by molar-refractivity contribution is 5.98. The molecule has 0 bridgehead atoms. The van der Waals surface area contributed by atoms with Gasteiger partial charge in [-0.25, -0.2) is 0 Å². The molecule has 1 saturated carbocycles. The van der Waals surface area contributed by atoms with Crippen LogP contribution in [-0.2, 0) is 6.54 Å². The van der Waals surface area contributed by atoms with Crippen LogP contribution in [0.15, 0.2) is 18.2 Å². The largest absolute Gasteiger partial charge is 0.489 e. The molecule has 1 unspecified atom stereocenters. The zero-order chi connectivity index (χ0) is 18.2. The van der Waals surface area contributed by atoms with E-state index >= 15 is 0 Å². The van der Waals surface area contributed by atoms with E-state index in [1.807, 2.05) is 12.1 Å². The van der Waals surface area contributed by atoms with E-state index in [-0.39, 0.29) is 12.0 Å². The van der Waals surface area contributed by atoms with Crippen LogP contribution in [-0.4, -0.2) is 60.6 Å². The lowest BCUT2D eigenvalue weighted by atomic mass is 10.1. The molecular weight excluding hydrogens is 338 g/mol. The Labute approximate surface area is 162 Å². The maximum atomic E-state index is 12.8. The Balaban J connectivity index is 1.23. The van der Waals surface area contributed by atoms with E-state index in [0.29, 0.717) is 6.04 Å². The van der Waals surface area contributed by atoms with Crippen molar-refractivity contribution in [1.82, 2.24) is 15.1 Å². The minimum atomic E-state index is 0.193. The van der Waals surface area contributed by atoms with Crippen molar-refractivity contribution in [2.24, 2.45) is 5.92 Å². The fourth-order valence-electron chi connectivity index (χ4n) is 4.92. The second-order valence-electron chi connectivity index (χ2n) is 8.84. The van der Waals surface area contributed by atoms with E-state index in [1.54, 1.807) is 0 Å². The summed E-state index contributed by atoms with van der Waals surface area (Å²) in [6, 6.07) is 6.42. The first kappa shape index (κ1) is 17.5. The molecule has 1 aromatic carbocycles. The van der Waals surface area contributed by atoms with Crippen molar-refractivity contribution in [3.8, 4) is 5.75 Å². The van der Waals surface area contributed by atoms with Gasteiger partial charge in [0.1, 0.15) is 11.9 Å². The van der Waals surface area contributed by atoms with Crippen molar-refractivity contribution < 1.29 is 9.53 Å². The number of hydrogen-bond acceptors (Lipinski definition) is 4. The molecule has 3 heterocycles. The van der Waals surface area contributed by atoms with Crippen molar-refractivity contribution in [3.63, 3.8) is 0 Å². The van der Waals surface area contributed by atoms with Crippen LogP contribution in [0.4, 0.5) is 0 Å². The number of benzene rings is 1. The van der Waals surface area contributed by atoms with Crippen molar-refractivity contribution in [2.45, 2.75) is 57.2 Å². The van der Waals surface area contributed by atoms with Gasteiger partial charge in [-0.15, -0.1) is 0 Å². The summed E-state index contributed by atoms with van der Waals surface area (Å²) in [5.41, 5.74) is 2.00. The highest BCUT2D eigenvalue weighted by Gasteiger charge is 2.34. The Hall–Kier alpha value is -1.59. The molecule has 146 valence electrons. The molecule has 5 heteroatoms. The number of fused-ring (bicyclic) bond motifs is 1. The summed E-state index contributed by atoms with van der Waals surface area (Å²) in [7, 11) is 0. The fraction of sp³-hybridized carbons (Fsp3) is 0.682. The third kappa shape index (κ3) is 3.85. The van der Waals surface area contributed by atoms with E-state index in [2.05, 4.69) is 21.2 Å². The molecule has 5 nitrogen and oxygen atoms in total. The molecule has 3 fully saturated rings. The molecular formula is C22H31N3O2. The second kappa shape index (κ2) is 7.44. The summed E-state index contributed by atoms with van der Waals surface area (Å²) in [6.45, 7) is 6.25. The third-order valence-corrected chi connectivity index (χ3v) is 6.60. The molecule has 2 atom stereocenters. The van der Waals surface area contributed by atoms with Gasteiger partial charge < -0.3 is 15.0 Å². The molecule has 5 rings (SSSR count). The molecule has 0 spiro atoms. The van der Waals surface area contributed by atoms with Crippen LogP contribution in [0.1, 0.15) is 54.4 Å². The van der Waals surface area contributed by atoms with Gasteiger partial charge in [0.05, 0.1) is 0 Å². The first-order valence-corrected chi connectivity index (χ1v) is 10.8. The number of ether oxygens (including phenoxy) is 1. The van der Waals surface area contributed by atoms with Gasteiger partial charge in [-0.1, -0.05) is 0 Å². The minimum absolute atomic E-state index is 0.193. The van der Waals surface area contributed by atoms with Crippen LogP contribution in [0, 0.1) is 5.92 Å². The summed E-state index contributed by atoms with van der Waals surface area (Å²) >= 11 is 0. The Morgan fingerprint density at radius 2 is 2.07 bits per heavy atom. The van der Waals surface area contributed by atoms with Crippen molar-refractivity contribution in [3.05, 3.63) is 29.3 Å². The van der Waals surface area contributed by atoms with Crippen LogP contribution in [0.3, 0.4) is 0 Å². The smallest absolute Gasteiger partial charge is 0.254 e. The predicted octanol–water partition coefficient (Wildman–Crippen LogP) is 2.65. The molecule has 0 aromatic heterocycles. The Kier molecular flexibility index (Phi) is 4.82. The summed E-state index contributed by atoms with van der Waals surface area (Å²) in [4.78, 5) is 17.4. The average Bonchev–Trinajstić information content (AvgIpc) is 3.44. The molecule has 1 amide bonds. The lowest BCUT2D eigenvalue weighted by Crippen LogP contribution is -2.46. The number of carbonyl (C=O) groups is 1. The van der Waals surface area contributed by atoms with E-state index in [9.17, 15) is 4.79 Å². The number of piperidine rings is 2. The highest BCUT2D eigenvalue weighted by atomic mass is 16.5. The van der Waals surface area contributed by atoms with E-state index in [0.717, 1.165) is 68.2 Å². The Morgan fingerprint density at radius 3 is 2.89 bits per heavy atom. The molecule has 1 N–H and O–H groups in total. The third-order valence-electron chi connectivity index (χ3n) is 6.60. The summed E-state index contributed by atoms with van der Waals surface area (Å²) in [5, 5.41) is 3.42. The Morgan fingerprint density at radius 1 is 1.15 bits per heavy atom. The monoisotopic (exact) mass is 369 g/mol. The first-order valence-electron chi connectivity index (χ1n) is 10.8. The van der Waals surface area contributed by atoms with Crippen LogP contribution in [0.2, 0.25) is 0 Å². The van der Waals surface area contributed by atoms with Crippen LogP contribution >= 0.6 is 0 Å². The topological polar surface area (TPSA) is 44.8 Å². The summed E-state index contributed by atoms with van der Waals surface area (Å²) < 4.78 is 6.34. The number of nitrogens with zero attached hydrogens (tertiary/aromatic N) is 2. The average molecular weight is 370 g/mol. The van der Waals surface area contributed by atoms with Crippen molar-refractivity contribution in [2.75, 3.05) is 32.7 Å². The molecule has 0 radical (unpaired) electrons. The maximum Gasteiger partial charge on any atom is 0.254 e. The number of hydrogen-bond donors (Lipinski definition) is 1.